The molecule has 0 bridgehead atoms. The lowest BCUT2D eigenvalue weighted by Gasteiger charge is -2.25. The van der Waals surface area contributed by atoms with Crippen LogP contribution in [0, 0.1) is 0 Å². The van der Waals surface area contributed by atoms with Crippen molar-refractivity contribution in [1.29, 1.82) is 0 Å². The molecule has 0 aromatic heterocycles. The van der Waals surface area contributed by atoms with Crippen molar-refractivity contribution < 1.29 is 31.0 Å². The van der Waals surface area contributed by atoms with Crippen molar-refractivity contribution in [1.82, 2.24) is 11.5 Å². The predicted molar refractivity (Wildman–Crippen MR) is 53.7 cm³/mol. The average Bonchev–Trinajstić information content (AvgIpc) is 2.14. The lowest BCUT2D eigenvalue weighted by atomic mass is 10.0. The molecule has 0 fully saturated rings. The van der Waals surface area contributed by atoms with Crippen molar-refractivity contribution in [3.05, 3.63) is 0 Å². The molecule has 0 amide bonds. The molecule has 4 atom stereocenters. The molecule has 0 spiro atoms. The van der Waals surface area contributed by atoms with Crippen LogP contribution < -0.4 is 11.5 Å². The fraction of sp³-hybridized carbons (Fsp3) is 1.00. The Morgan fingerprint density at radius 1 is 1.00 bits per heavy atom. The van der Waals surface area contributed by atoms with Gasteiger partial charge in [0.25, 0.3) is 0 Å². The smallest absolute Gasteiger partial charge is 0.111 e. The first-order valence-corrected chi connectivity index (χ1v) is 4.02. The van der Waals surface area contributed by atoms with Gasteiger partial charge in [0.05, 0.1) is 12.7 Å². The number of aliphatic hydroxyl groups is 5. The average molecular weight is 230 g/mol. The minimum absolute atomic E-state index is 0. The van der Waals surface area contributed by atoms with Crippen molar-refractivity contribution in [2.45, 2.75) is 24.4 Å². The molecular weight excluding hydrogens is 208 g/mol. The number of rotatable bonds is 6. The standard InChI is InChI=1S/C7H17NO5.H3N.H2O/c1-8-2-4(10)6(12)7(13)5(11)3-9;;/h4-13H,2-3H2,1H3;1H3;1H2/t4-,5+,6+,7+;;/m0../s1. The Morgan fingerprint density at radius 3 is 1.73 bits per heavy atom. The molecule has 0 heterocycles. The van der Waals surface area contributed by atoms with E-state index in [1.165, 1.54) is 0 Å². The summed E-state index contributed by atoms with van der Waals surface area (Å²) in [7, 11) is 1.57. The second kappa shape index (κ2) is 10.2. The van der Waals surface area contributed by atoms with Crippen LogP contribution in [-0.2, 0) is 0 Å². The molecule has 0 aliphatic heterocycles. The van der Waals surface area contributed by atoms with E-state index in [0.717, 1.165) is 0 Å². The monoisotopic (exact) mass is 230 g/mol. The SMILES string of the molecule is CNC[C@H](O)[C@@H](O)[C@H](O)[C@H](O)CO.N.O. The molecule has 0 saturated heterocycles. The summed E-state index contributed by atoms with van der Waals surface area (Å²) in [4.78, 5) is 0. The van der Waals surface area contributed by atoms with Crippen LogP contribution in [0.3, 0.4) is 0 Å². The maximum Gasteiger partial charge on any atom is 0.111 e. The Morgan fingerprint density at radius 2 is 1.40 bits per heavy atom. The summed E-state index contributed by atoms with van der Waals surface area (Å²) in [6.45, 7) is -0.569. The van der Waals surface area contributed by atoms with E-state index in [0.29, 0.717) is 0 Å². The highest BCUT2D eigenvalue weighted by Crippen LogP contribution is 2.04. The molecule has 11 N–H and O–H groups in total. The number of hydrogen-bond acceptors (Lipinski definition) is 7. The van der Waals surface area contributed by atoms with Crippen LogP contribution in [0.4, 0.5) is 0 Å². The van der Waals surface area contributed by atoms with E-state index in [2.05, 4.69) is 5.32 Å². The van der Waals surface area contributed by atoms with E-state index in [4.69, 9.17) is 20.4 Å². The van der Waals surface area contributed by atoms with Gasteiger partial charge in [-0.25, -0.2) is 0 Å². The van der Waals surface area contributed by atoms with Gasteiger partial charge in [-0.05, 0) is 7.05 Å². The lowest BCUT2D eigenvalue weighted by molar-refractivity contribution is -0.113. The van der Waals surface area contributed by atoms with Crippen LogP contribution in [0.2, 0.25) is 0 Å². The van der Waals surface area contributed by atoms with E-state index >= 15 is 0 Å². The molecule has 0 aliphatic rings. The third kappa shape index (κ3) is 6.71. The minimum atomic E-state index is -1.55. The molecule has 0 rings (SSSR count). The number of aliphatic hydroxyl groups excluding tert-OH is 5. The molecule has 8 heteroatoms. The third-order valence-corrected chi connectivity index (χ3v) is 1.74. The van der Waals surface area contributed by atoms with Gasteiger partial charge in [0.15, 0.2) is 0 Å². The second-order valence-electron chi connectivity index (χ2n) is 2.86. The summed E-state index contributed by atoms with van der Waals surface area (Å²) in [5.41, 5.74) is 0. The first-order valence-electron chi connectivity index (χ1n) is 4.02. The van der Waals surface area contributed by atoms with E-state index in [-0.39, 0.29) is 18.2 Å². The van der Waals surface area contributed by atoms with Gasteiger partial charge in [-0.15, -0.1) is 0 Å². The zero-order valence-corrected chi connectivity index (χ0v) is 8.67. The molecule has 96 valence electrons. The largest absolute Gasteiger partial charge is 0.412 e. The summed E-state index contributed by atoms with van der Waals surface area (Å²) in [5.74, 6) is 0. The van der Waals surface area contributed by atoms with Crippen LogP contribution in [-0.4, -0.2) is 75.6 Å². The molecule has 0 radical (unpaired) electrons. The summed E-state index contributed by atoms with van der Waals surface area (Å²) < 4.78 is 0. The second-order valence-corrected chi connectivity index (χ2v) is 2.86. The predicted octanol–water partition coefficient (Wildman–Crippen LogP) is -4.02. The quantitative estimate of drug-likeness (QED) is 0.242. The summed E-state index contributed by atoms with van der Waals surface area (Å²) in [5, 5.41) is 47.5. The first-order chi connectivity index (χ1) is 6.04. The van der Waals surface area contributed by atoms with Crippen LogP contribution in [0.5, 0.6) is 0 Å². The summed E-state index contributed by atoms with van der Waals surface area (Å²) >= 11 is 0. The van der Waals surface area contributed by atoms with Gasteiger partial charge in [-0.1, -0.05) is 0 Å². The topological polar surface area (TPSA) is 180 Å². The third-order valence-electron chi connectivity index (χ3n) is 1.74. The fourth-order valence-corrected chi connectivity index (χ4v) is 0.893. The first kappa shape index (κ1) is 20.1. The van der Waals surface area contributed by atoms with Crippen molar-refractivity contribution in [3.63, 3.8) is 0 Å². The van der Waals surface area contributed by atoms with Gasteiger partial charge >= 0.3 is 0 Å². The lowest BCUT2D eigenvalue weighted by Crippen LogP contribution is -2.48. The highest BCUT2D eigenvalue weighted by Gasteiger charge is 2.29. The fourth-order valence-electron chi connectivity index (χ4n) is 0.893. The molecular formula is C7H22N2O6. The van der Waals surface area contributed by atoms with E-state index in [1.54, 1.807) is 7.05 Å². The number of likely N-dealkylation sites (N-methyl/N-ethyl adjacent to an activating group) is 1. The maximum atomic E-state index is 9.21. The van der Waals surface area contributed by atoms with Gasteiger partial charge < -0.3 is 42.5 Å². The Labute approximate surface area is 88.1 Å². The van der Waals surface area contributed by atoms with Gasteiger partial charge in [0.1, 0.15) is 18.3 Å². The zero-order chi connectivity index (χ0) is 10.4. The molecule has 8 nitrogen and oxygen atoms in total. The molecule has 0 saturated carbocycles. The summed E-state index contributed by atoms with van der Waals surface area (Å²) in [6.07, 6.45) is -5.65. The van der Waals surface area contributed by atoms with Crippen LogP contribution in [0.15, 0.2) is 0 Å². The molecule has 0 aliphatic carbocycles. The molecule has 0 unspecified atom stereocenters. The van der Waals surface area contributed by atoms with Crippen molar-refractivity contribution in [2.75, 3.05) is 20.2 Å². The Balaban J connectivity index is -0.000000720. The normalized spacial score (nSPS) is 18.0. The van der Waals surface area contributed by atoms with Crippen LogP contribution in [0.1, 0.15) is 0 Å². The zero-order valence-electron chi connectivity index (χ0n) is 8.67. The highest BCUT2D eigenvalue weighted by atomic mass is 16.4. The van der Waals surface area contributed by atoms with Gasteiger partial charge in [0, 0.05) is 6.54 Å². The van der Waals surface area contributed by atoms with Crippen LogP contribution in [0.25, 0.3) is 0 Å². The van der Waals surface area contributed by atoms with Crippen LogP contribution >= 0.6 is 0 Å². The Hall–Kier alpha value is -0.320. The van der Waals surface area contributed by atoms with Gasteiger partial charge in [-0.3, -0.25) is 0 Å². The maximum absolute atomic E-state index is 9.21. The number of hydrogen-bond donors (Lipinski definition) is 7. The van der Waals surface area contributed by atoms with E-state index < -0.39 is 31.0 Å². The van der Waals surface area contributed by atoms with Crippen molar-refractivity contribution in [2.24, 2.45) is 0 Å². The molecule has 0 aromatic rings. The molecule has 15 heavy (non-hydrogen) atoms. The summed E-state index contributed by atoms with van der Waals surface area (Å²) in [6, 6.07) is 0. The molecule has 0 aromatic carbocycles. The van der Waals surface area contributed by atoms with E-state index in [9.17, 15) is 5.11 Å². The minimum Gasteiger partial charge on any atom is -0.412 e. The Kier molecular flexibility index (Phi) is 13.7. The highest BCUT2D eigenvalue weighted by molar-refractivity contribution is 4.81. The van der Waals surface area contributed by atoms with Gasteiger partial charge in [-0.2, -0.15) is 0 Å². The van der Waals surface area contributed by atoms with Gasteiger partial charge in [0.2, 0.25) is 0 Å². The van der Waals surface area contributed by atoms with Crippen molar-refractivity contribution >= 4 is 0 Å². The van der Waals surface area contributed by atoms with E-state index in [1.807, 2.05) is 0 Å². The number of nitrogens with one attached hydrogen (secondary N) is 1. The van der Waals surface area contributed by atoms with Crippen molar-refractivity contribution in [3.8, 4) is 0 Å². The Bertz CT molecular complexity index is 139.